The summed E-state index contributed by atoms with van der Waals surface area (Å²) in [6, 6.07) is 13.3. The number of carbonyl (C=O) groups excluding carboxylic acids is 2. The smallest absolute Gasteiger partial charge is 0.324 e. The van der Waals surface area contributed by atoms with E-state index in [0.717, 1.165) is 10.8 Å². The summed E-state index contributed by atoms with van der Waals surface area (Å²) in [5, 5.41) is 11.5. The predicted octanol–water partition coefficient (Wildman–Crippen LogP) is 5.32. The van der Waals surface area contributed by atoms with Crippen molar-refractivity contribution in [3.63, 3.8) is 0 Å². The van der Waals surface area contributed by atoms with Crippen LogP contribution in [-0.4, -0.2) is 22.8 Å². The van der Waals surface area contributed by atoms with Crippen molar-refractivity contribution in [2.75, 3.05) is 0 Å². The lowest BCUT2D eigenvalue weighted by Crippen LogP contribution is -2.40. The van der Waals surface area contributed by atoms with E-state index < -0.39 is 28.9 Å². The van der Waals surface area contributed by atoms with Gasteiger partial charge in [-0.25, -0.2) is 0 Å². The Kier molecular flexibility index (Phi) is 6.83. The largest absolute Gasteiger partial charge is 0.480 e. The number of benzene rings is 2. The second-order valence-electron chi connectivity index (χ2n) is 8.43. The highest BCUT2D eigenvalue weighted by atomic mass is 16.5. The van der Waals surface area contributed by atoms with Crippen molar-refractivity contribution in [2.24, 2.45) is 10.8 Å². The monoisotopic (exact) mass is 398 g/mol. The topological polar surface area (TPSA) is 80.7 Å². The number of aliphatic carboxylic acids is 1. The van der Waals surface area contributed by atoms with E-state index in [0.29, 0.717) is 5.56 Å². The Balaban J connectivity index is 2.52. The summed E-state index contributed by atoms with van der Waals surface area (Å²) in [5.74, 6) is -2.06. The lowest BCUT2D eigenvalue weighted by atomic mass is 9.82. The molecule has 0 bridgehead atoms. The molecule has 0 radical (unpaired) electrons. The van der Waals surface area contributed by atoms with Gasteiger partial charge in [0.2, 0.25) is 0 Å². The van der Waals surface area contributed by atoms with Crippen LogP contribution < -0.4 is 0 Å². The molecule has 0 amide bonds. The van der Waals surface area contributed by atoms with Crippen LogP contribution in [0.15, 0.2) is 42.5 Å². The molecule has 1 unspecified atom stereocenters. The maximum atomic E-state index is 13.0. The second-order valence-corrected chi connectivity index (χ2v) is 8.43. The number of ether oxygens (including phenoxy) is 1. The molecule has 2 aromatic carbocycles. The summed E-state index contributed by atoms with van der Waals surface area (Å²) >= 11 is 0. The van der Waals surface area contributed by atoms with Gasteiger partial charge in [-0.15, -0.1) is 0 Å². The summed E-state index contributed by atoms with van der Waals surface area (Å²) < 4.78 is 5.78. The Morgan fingerprint density at radius 2 is 1.55 bits per heavy atom. The van der Waals surface area contributed by atoms with Crippen LogP contribution in [0.1, 0.15) is 65.5 Å². The molecule has 1 N–H and O–H groups in total. The van der Waals surface area contributed by atoms with Crippen molar-refractivity contribution < 1.29 is 24.2 Å². The fourth-order valence-corrected chi connectivity index (χ4v) is 3.39. The molecule has 5 heteroatoms. The molecule has 0 fully saturated rings. The quantitative estimate of drug-likeness (QED) is 0.481. The molecule has 29 heavy (non-hydrogen) atoms. The van der Waals surface area contributed by atoms with Crippen LogP contribution in [0.2, 0.25) is 0 Å². The Hall–Kier alpha value is -2.69. The van der Waals surface area contributed by atoms with Crippen molar-refractivity contribution >= 4 is 28.5 Å². The number of carboxylic acids is 1. The van der Waals surface area contributed by atoms with Gasteiger partial charge in [0, 0.05) is 17.4 Å². The summed E-state index contributed by atoms with van der Waals surface area (Å²) in [6.07, 6.45) is -0.621. The predicted molar refractivity (Wildman–Crippen MR) is 113 cm³/mol. The molecule has 0 aromatic heterocycles. The van der Waals surface area contributed by atoms with Gasteiger partial charge in [0.1, 0.15) is 11.9 Å². The van der Waals surface area contributed by atoms with Gasteiger partial charge >= 0.3 is 11.9 Å². The third-order valence-corrected chi connectivity index (χ3v) is 5.63. The molecule has 5 nitrogen and oxygen atoms in total. The van der Waals surface area contributed by atoms with E-state index in [1.807, 2.05) is 63.2 Å². The highest BCUT2D eigenvalue weighted by Crippen LogP contribution is 2.36. The first-order valence-corrected chi connectivity index (χ1v) is 10.0. The number of Topliss-reactive ketones (excluding diaryl/α,β-unsaturated/α-hetero) is 1. The van der Waals surface area contributed by atoms with Crippen LogP contribution in [0.25, 0.3) is 10.8 Å². The van der Waals surface area contributed by atoms with E-state index in [1.165, 1.54) is 0 Å². The fraction of sp³-hybridized carbons (Fsp3) is 0.458. The first kappa shape index (κ1) is 22.6. The van der Waals surface area contributed by atoms with Gasteiger partial charge < -0.3 is 9.84 Å². The number of esters is 1. The Bertz CT molecular complexity index is 898. The highest BCUT2D eigenvalue weighted by molar-refractivity contribution is 5.99. The maximum Gasteiger partial charge on any atom is 0.324 e. The molecule has 0 spiro atoms. The van der Waals surface area contributed by atoms with Crippen molar-refractivity contribution in [1.29, 1.82) is 0 Å². The number of rotatable bonds is 8. The van der Waals surface area contributed by atoms with E-state index in [2.05, 4.69) is 0 Å². The van der Waals surface area contributed by atoms with Crippen molar-refractivity contribution in [1.82, 2.24) is 0 Å². The van der Waals surface area contributed by atoms with Crippen LogP contribution in [0.4, 0.5) is 0 Å². The third kappa shape index (κ3) is 4.66. The van der Waals surface area contributed by atoms with Crippen LogP contribution in [0.3, 0.4) is 0 Å². The average Bonchev–Trinajstić information content (AvgIpc) is 2.67. The normalized spacial score (nSPS) is 13.1. The molecule has 0 aliphatic rings. The van der Waals surface area contributed by atoms with Gasteiger partial charge in [-0.3, -0.25) is 14.4 Å². The number of carboxylic acid groups (broad SMARTS) is 1. The van der Waals surface area contributed by atoms with Gasteiger partial charge in [-0.2, -0.15) is 0 Å². The van der Waals surface area contributed by atoms with E-state index in [1.54, 1.807) is 13.8 Å². The summed E-state index contributed by atoms with van der Waals surface area (Å²) in [6.45, 7) is 8.77. The van der Waals surface area contributed by atoms with Crippen molar-refractivity contribution in [3.8, 4) is 0 Å². The van der Waals surface area contributed by atoms with Gasteiger partial charge in [0.15, 0.2) is 5.41 Å². The maximum absolute atomic E-state index is 13.0. The molecule has 156 valence electrons. The van der Waals surface area contributed by atoms with E-state index in [4.69, 9.17) is 4.74 Å². The van der Waals surface area contributed by atoms with Crippen LogP contribution >= 0.6 is 0 Å². The third-order valence-electron chi connectivity index (χ3n) is 5.63. The van der Waals surface area contributed by atoms with Gasteiger partial charge in [0.05, 0.1) is 0 Å². The average molecular weight is 398 g/mol. The molecule has 0 heterocycles. The number of ketones is 1. The number of carbonyl (C=O) groups is 3. The van der Waals surface area contributed by atoms with E-state index in [9.17, 15) is 19.5 Å². The van der Waals surface area contributed by atoms with Crippen molar-refractivity contribution in [2.45, 2.75) is 60.0 Å². The molecule has 2 aromatic rings. The standard InChI is InChI=1S/C24H30O5/c1-6-24(7-2,21(26)27)22(28)29-19(15-20(25)23(3,4)5)18-14-10-12-16-11-8-9-13-17(16)18/h8-14,19H,6-7,15H2,1-5H3,(H,26,27). The molecular weight excluding hydrogens is 368 g/mol. The first-order valence-electron chi connectivity index (χ1n) is 10.0. The Labute approximate surface area is 172 Å². The summed E-state index contributed by atoms with van der Waals surface area (Å²) in [4.78, 5) is 37.7. The molecule has 1 atom stereocenters. The first-order chi connectivity index (χ1) is 13.6. The van der Waals surface area contributed by atoms with Gasteiger partial charge in [-0.1, -0.05) is 77.1 Å². The molecular formula is C24H30O5. The summed E-state index contributed by atoms with van der Waals surface area (Å²) in [7, 11) is 0. The minimum atomic E-state index is -1.62. The van der Waals surface area contributed by atoms with Crippen molar-refractivity contribution in [3.05, 3.63) is 48.0 Å². The fourth-order valence-electron chi connectivity index (χ4n) is 3.39. The number of hydrogen-bond acceptors (Lipinski definition) is 4. The van der Waals surface area contributed by atoms with E-state index in [-0.39, 0.29) is 25.0 Å². The zero-order valence-corrected chi connectivity index (χ0v) is 17.8. The van der Waals surface area contributed by atoms with E-state index >= 15 is 0 Å². The molecule has 0 aliphatic heterocycles. The second kappa shape index (κ2) is 8.76. The zero-order valence-electron chi connectivity index (χ0n) is 17.8. The molecule has 0 saturated heterocycles. The lowest BCUT2D eigenvalue weighted by molar-refractivity contribution is -0.174. The summed E-state index contributed by atoms with van der Waals surface area (Å²) in [5.41, 5.74) is -1.51. The zero-order chi connectivity index (χ0) is 21.8. The van der Waals surface area contributed by atoms with Crippen LogP contribution in [0.5, 0.6) is 0 Å². The van der Waals surface area contributed by atoms with Crippen LogP contribution in [0, 0.1) is 10.8 Å². The highest BCUT2D eigenvalue weighted by Gasteiger charge is 2.46. The Morgan fingerprint density at radius 1 is 0.966 bits per heavy atom. The molecule has 0 aliphatic carbocycles. The SMILES string of the molecule is CCC(CC)(C(=O)O)C(=O)OC(CC(=O)C(C)(C)C)c1cccc2ccccc12. The minimum Gasteiger partial charge on any atom is -0.480 e. The number of fused-ring (bicyclic) bond motifs is 1. The van der Waals surface area contributed by atoms with Gasteiger partial charge in [-0.05, 0) is 23.6 Å². The Morgan fingerprint density at radius 3 is 2.10 bits per heavy atom. The minimum absolute atomic E-state index is 0.00756. The van der Waals surface area contributed by atoms with Crippen LogP contribution in [-0.2, 0) is 19.1 Å². The lowest BCUT2D eigenvalue weighted by Gasteiger charge is -2.29. The number of hydrogen-bond donors (Lipinski definition) is 1. The molecule has 0 saturated carbocycles. The molecule has 2 rings (SSSR count). The van der Waals surface area contributed by atoms with Gasteiger partial charge in [0.25, 0.3) is 0 Å².